The molecule has 0 radical (unpaired) electrons. The second-order valence-electron chi connectivity index (χ2n) is 6.82. The molecule has 0 aliphatic heterocycles. The fraction of sp³-hybridized carbons (Fsp3) is 0.824. The van der Waals surface area contributed by atoms with E-state index < -0.39 is 0 Å². The van der Waals surface area contributed by atoms with E-state index in [9.17, 15) is 4.79 Å². The smallest absolute Gasteiger partial charge is 0.330 e. The molecule has 0 aromatic carbocycles. The van der Waals surface area contributed by atoms with Crippen molar-refractivity contribution in [1.82, 2.24) is 0 Å². The third kappa shape index (κ3) is 2.73. The van der Waals surface area contributed by atoms with Crippen molar-refractivity contribution in [3.8, 4) is 0 Å². The second-order valence-corrected chi connectivity index (χ2v) is 6.82. The van der Waals surface area contributed by atoms with Crippen molar-refractivity contribution in [3.05, 3.63) is 12.7 Å². The predicted molar refractivity (Wildman–Crippen MR) is 77.7 cm³/mol. The first kappa shape index (κ1) is 14.6. The number of rotatable bonds is 4. The van der Waals surface area contributed by atoms with Gasteiger partial charge < -0.3 is 4.74 Å². The highest BCUT2D eigenvalue weighted by molar-refractivity contribution is 5.81. The molecule has 2 saturated carbocycles. The third-order valence-corrected chi connectivity index (χ3v) is 5.55. The number of fused-ring (bicyclic) bond motifs is 2. The van der Waals surface area contributed by atoms with Crippen LogP contribution in [0.15, 0.2) is 12.7 Å². The van der Waals surface area contributed by atoms with Gasteiger partial charge in [0.05, 0.1) is 0 Å². The lowest BCUT2D eigenvalue weighted by Crippen LogP contribution is -2.52. The molecule has 2 aliphatic carbocycles. The van der Waals surface area contributed by atoms with E-state index in [0.29, 0.717) is 11.8 Å². The number of esters is 1. The van der Waals surface area contributed by atoms with Crippen molar-refractivity contribution in [1.29, 1.82) is 0 Å². The van der Waals surface area contributed by atoms with Crippen molar-refractivity contribution in [2.24, 2.45) is 23.7 Å². The van der Waals surface area contributed by atoms with Gasteiger partial charge in [0.25, 0.3) is 0 Å². The summed E-state index contributed by atoms with van der Waals surface area (Å²) < 4.78 is 5.91. The Bertz CT molecular complexity index is 347. The molecule has 0 spiro atoms. The fourth-order valence-corrected chi connectivity index (χ4v) is 4.41. The fourth-order valence-electron chi connectivity index (χ4n) is 4.41. The van der Waals surface area contributed by atoms with E-state index >= 15 is 0 Å². The van der Waals surface area contributed by atoms with Crippen LogP contribution in [0.2, 0.25) is 0 Å². The van der Waals surface area contributed by atoms with E-state index in [-0.39, 0.29) is 11.6 Å². The largest absolute Gasteiger partial charge is 0.455 e. The number of hydrogen-bond donors (Lipinski definition) is 0. The van der Waals surface area contributed by atoms with Crippen LogP contribution in [0.4, 0.5) is 0 Å². The lowest BCUT2D eigenvalue weighted by molar-refractivity contribution is -0.182. The van der Waals surface area contributed by atoms with Gasteiger partial charge in [-0.25, -0.2) is 4.79 Å². The third-order valence-electron chi connectivity index (χ3n) is 5.55. The average Bonchev–Trinajstić information content (AvgIpc) is 2.41. The van der Waals surface area contributed by atoms with Crippen LogP contribution in [-0.2, 0) is 9.53 Å². The molecule has 2 aliphatic rings. The molecule has 19 heavy (non-hydrogen) atoms. The zero-order valence-corrected chi connectivity index (χ0v) is 12.7. The molecule has 4 atom stereocenters. The molecule has 0 N–H and O–H groups in total. The van der Waals surface area contributed by atoms with Crippen molar-refractivity contribution in [2.75, 3.05) is 0 Å². The maximum absolute atomic E-state index is 11.8. The summed E-state index contributed by atoms with van der Waals surface area (Å²) in [6.45, 7) is 10.2. The summed E-state index contributed by atoms with van der Waals surface area (Å²) in [5.41, 5.74) is -0.240. The van der Waals surface area contributed by atoms with Crippen molar-refractivity contribution in [3.63, 3.8) is 0 Å². The number of carbonyl (C=O) groups is 1. The van der Waals surface area contributed by atoms with Gasteiger partial charge in [-0.2, -0.15) is 0 Å². The van der Waals surface area contributed by atoms with E-state index in [1.807, 2.05) is 0 Å². The Kier molecular flexibility index (Phi) is 4.37. The molecule has 0 aromatic rings. The molecule has 2 fully saturated rings. The van der Waals surface area contributed by atoms with Gasteiger partial charge in [-0.1, -0.05) is 33.8 Å². The molecule has 108 valence electrons. The second kappa shape index (κ2) is 5.68. The molecule has 0 saturated heterocycles. The normalized spacial score (nSPS) is 38.0. The minimum absolute atomic E-state index is 0.240. The number of hydrogen-bond acceptors (Lipinski definition) is 2. The van der Waals surface area contributed by atoms with Gasteiger partial charge in [0.15, 0.2) is 0 Å². The first-order valence-corrected chi connectivity index (χ1v) is 7.87. The van der Waals surface area contributed by atoms with E-state index in [0.717, 1.165) is 18.3 Å². The predicted octanol–water partition coefficient (Wildman–Crippen LogP) is 4.35. The van der Waals surface area contributed by atoms with Crippen LogP contribution in [0.25, 0.3) is 0 Å². The van der Waals surface area contributed by atoms with E-state index in [1.54, 1.807) is 0 Å². The van der Waals surface area contributed by atoms with Crippen molar-refractivity contribution >= 4 is 5.97 Å². The maximum Gasteiger partial charge on any atom is 0.330 e. The molecule has 0 aromatic heterocycles. The molecule has 2 rings (SSSR count). The summed E-state index contributed by atoms with van der Waals surface area (Å²) in [6.07, 6.45) is 8.70. The van der Waals surface area contributed by atoms with Gasteiger partial charge in [-0.3, -0.25) is 0 Å². The van der Waals surface area contributed by atoms with Gasteiger partial charge in [0.2, 0.25) is 0 Å². The Labute approximate surface area is 117 Å². The molecular weight excluding hydrogens is 236 g/mol. The number of ether oxygens (including phenoxy) is 1. The molecule has 2 nitrogen and oxygen atoms in total. The Morgan fingerprint density at radius 3 is 2.74 bits per heavy atom. The summed E-state index contributed by atoms with van der Waals surface area (Å²) in [6, 6.07) is 0. The SMILES string of the molecule is C=CC(=O)OC1(C(C)C)CCC2CC(CC)CC1C2. The van der Waals surface area contributed by atoms with E-state index in [2.05, 4.69) is 27.4 Å². The highest BCUT2D eigenvalue weighted by Gasteiger charge is 2.51. The Hall–Kier alpha value is -0.790. The lowest BCUT2D eigenvalue weighted by atomic mass is 9.58. The minimum atomic E-state index is -0.245. The van der Waals surface area contributed by atoms with Crippen LogP contribution < -0.4 is 0 Å². The monoisotopic (exact) mass is 264 g/mol. The first-order chi connectivity index (χ1) is 9.01. The highest BCUT2D eigenvalue weighted by Crippen LogP contribution is 2.52. The van der Waals surface area contributed by atoms with Gasteiger partial charge in [0, 0.05) is 6.08 Å². The topological polar surface area (TPSA) is 26.3 Å². The Balaban J connectivity index is 2.22. The van der Waals surface area contributed by atoms with Crippen molar-refractivity contribution in [2.45, 2.75) is 64.9 Å². The zero-order chi connectivity index (χ0) is 14.0. The quantitative estimate of drug-likeness (QED) is 0.557. The van der Waals surface area contributed by atoms with Gasteiger partial charge >= 0.3 is 5.97 Å². The first-order valence-electron chi connectivity index (χ1n) is 7.87. The summed E-state index contributed by atoms with van der Waals surface area (Å²) in [5, 5.41) is 0. The number of carbonyl (C=O) groups excluding carboxylic acids is 1. The Morgan fingerprint density at radius 1 is 1.42 bits per heavy atom. The van der Waals surface area contributed by atoms with Crippen LogP contribution in [0, 0.1) is 23.7 Å². The van der Waals surface area contributed by atoms with Gasteiger partial charge in [0.1, 0.15) is 5.60 Å². The molecule has 4 unspecified atom stereocenters. The van der Waals surface area contributed by atoms with Crippen LogP contribution >= 0.6 is 0 Å². The molecule has 2 bridgehead atoms. The van der Waals surface area contributed by atoms with E-state index in [4.69, 9.17) is 4.74 Å². The molecular formula is C17H28O2. The highest BCUT2D eigenvalue weighted by atomic mass is 16.6. The zero-order valence-electron chi connectivity index (χ0n) is 12.7. The molecule has 2 heteroatoms. The molecule has 0 heterocycles. The standard InChI is InChI=1S/C17H28O2/c1-5-13-9-14-7-8-17(12(3)4,15(10-13)11-14)19-16(18)6-2/h6,12-15H,2,5,7-11H2,1,3-4H3. The summed E-state index contributed by atoms with van der Waals surface area (Å²) in [4.78, 5) is 11.8. The summed E-state index contributed by atoms with van der Waals surface area (Å²) >= 11 is 0. The van der Waals surface area contributed by atoms with Gasteiger partial charge in [-0.15, -0.1) is 0 Å². The van der Waals surface area contributed by atoms with Gasteiger partial charge in [-0.05, 0) is 55.8 Å². The summed E-state index contributed by atoms with van der Waals surface area (Å²) in [7, 11) is 0. The molecule has 0 amide bonds. The Morgan fingerprint density at radius 2 is 2.16 bits per heavy atom. The van der Waals surface area contributed by atoms with Crippen LogP contribution in [0.5, 0.6) is 0 Å². The van der Waals surface area contributed by atoms with Crippen LogP contribution in [0.1, 0.15) is 59.3 Å². The minimum Gasteiger partial charge on any atom is -0.455 e. The van der Waals surface area contributed by atoms with Crippen molar-refractivity contribution < 1.29 is 9.53 Å². The average molecular weight is 264 g/mol. The maximum atomic E-state index is 11.8. The van der Waals surface area contributed by atoms with Crippen LogP contribution in [0.3, 0.4) is 0 Å². The summed E-state index contributed by atoms with van der Waals surface area (Å²) in [5.74, 6) is 2.38. The lowest BCUT2D eigenvalue weighted by Gasteiger charge is -2.52. The van der Waals surface area contributed by atoms with E-state index in [1.165, 1.54) is 38.2 Å². The van der Waals surface area contributed by atoms with Crippen LogP contribution in [-0.4, -0.2) is 11.6 Å².